The highest BCUT2D eigenvalue weighted by atomic mass is 35.5. The smallest absolute Gasteiger partial charge is 0.370 e. The van der Waals surface area contributed by atoms with E-state index in [0.29, 0.717) is 36.4 Å². The van der Waals surface area contributed by atoms with E-state index in [1.807, 2.05) is 0 Å². The van der Waals surface area contributed by atoms with Crippen molar-refractivity contribution < 1.29 is 31.1 Å². The second-order valence-electron chi connectivity index (χ2n) is 8.16. The standard InChI is InChI=1S/C21H19ClF6N6O/c22-10-5-6-13-12(9-10)11-7-8-34(14(16(11)30-13)3-1-2-4-15(29)35)19-32-17(20(23,24)25)31-18(33-19)21(26,27)28/h5-6,9,14,30H,1-4,7-8H2,(H2,29,35)/t14-/m0/s1. The lowest BCUT2D eigenvalue weighted by Gasteiger charge is -2.36. The van der Waals surface area contributed by atoms with E-state index in [4.69, 9.17) is 17.3 Å². The average molecular weight is 521 g/mol. The van der Waals surface area contributed by atoms with Crippen LogP contribution in [-0.4, -0.2) is 32.4 Å². The summed E-state index contributed by atoms with van der Waals surface area (Å²) in [4.78, 5) is 25.0. The number of halogens is 7. The number of hydrogen-bond acceptors (Lipinski definition) is 5. The van der Waals surface area contributed by atoms with E-state index in [0.717, 1.165) is 16.5 Å². The summed E-state index contributed by atoms with van der Waals surface area (Å²) >= 11 is 6.12. The third-order valence-corrected chi connectivity index (χ3v) is 5.99. The number of carbonyl (C=O) groups is 1. The predicted molar refractivity (Wildman–Crippen MR) is 115 cm³/mol. The van der Waals surface area contributed by atoms with E-state index in [-0.39, 0.29) is 13.0 Å². The fourth-order valence-corrected chi connectivity index (χ4v) is 4.43. The Morgan fingerprint density at radius 3 is 2.34 bits per heavy atom. The van der Waals surface area contributed by atoms with E-state index in [9.17, 15) is 31.1 Å². The summed E-state index contributed by atoms with van der Waals surface area (Å²) in [5.41, 5.74) is 7.39. The van der Waals surface area contributed by atoms with E-state index < -0.39 is 41.9 Å². The SMILES string of the molecule is NC(=O)CCCC[C@H]1c2[nH]c3ccc(Cl)cc3c2CCN1c1nc(C(F)(F)F)nc(C(F)(F)F)n1. The molecule has 0 spiro atoms. The van der Waals surface area contributed by atoms with Crippen LogP contribution in [0.5, 0.6) is 0 Å². The van der Waals surface area contributed by atoms with Gasteiger partial charge in [0, 0.05) is 34.6 Å². The normalized spacial score (nSPS) is 16.5. The van der Waals surface area contributed by atoms with Crippen molar-refractivity contribution in [2.75, 3.05) is 11.4 Å². The zero-order valence-electron chi connectivity index (χ0n) is 18.0. The van der Waals surface area contributed by atoms with Gasteiger partial charge < -0.3 is 15.6 Å². The van der Waals surface area contributed by atoms with Gasteiger partial charge in [-0.05, 0) is 43.0 Å². The molecule has 35 heavy (non-hydrogen) atoms. The van der Waals surface area contributed by atoms with Crippen LogP contribution >= 0.6 is 11.6 Å². The molecule has 1 amide bonds. The number of anilines is 1. The molecule has 3 aromatic rings. The highest BCUT2D eigenvalue weighted by Crippen LogP contribution is 2.41. The number of amides is 1. The number of nitrogens with one attached hydrogen (secondary N) is 1. The van der Waals surface area contributed by atoms with Crippen molar-refractivity contribution in [2.45, 2.75) is 50.5 Å². The van der Waals surface area contributed by atoms with Gasteiger partial charge in [0.1, 0.15) is 0 Å². The molecule has 0 fully saturated rings. The minimum atomic E-state index is -5.20. The Bertz CT molecular complexity index is 1230. The second kappa shape index (κ2) is 9.17. The Labute approximate surface area is 199 Å². The van der Waals surface area contributed by atoms with E-state index in [2.05, 4.69) is 19.9 Å². The number of nitrogens with zero attached hydrogens (tertiary/aromatic N) is 4. The Kier molecular flexibility index (Phi) is 6.56. The highest BCUT2D eigenvalue weighted by Gasteiger charge is 2.43. The number of aromatic nitrogens is 4. The lowest BCUT2D eigenvalue weighted by atomic mass is 9.94. The van der Waals surface area contributed by atoms with Crippen LogP contribution in [0.4, 0.5) is 32.3 Å². The van der Waals surface area contributed by atoms with Gasteiger partial charge in [-0.2, -0.15) is 36.3 Å². The third kappa shape index (κ3) is 5.29. The van der Waals surface area contributed by atoms with Gasteiger partial charge in [-0.1, -0.05) is 18.0 Å². The largest absolute Gasteiger partial charge is 0.451 e. The first-order valence-corrected chi connectivity index (χ1v) is 11.0. The molecule has 0 bridgehead atoms. The molecule has 7 nitrogen and oxygen atoms in total. The summed E-state index contributed by atoms with van der Waals surface area (Å²) in [5, 5.41) is 1.30. The maximum Gasteiger partial charge on any atom is 0.451 e. The monoisotopic (exact) mass is 520 g/mol. The first-order valence-electron chi connectivity index (χ1n) is 10.6. The van der Waals surface area contributed by atoms with Gasteiger partial charge >= 0.3 is 12.4 Å². The van der Waals surface area contributed by atoms with Crippen molar-refractivity contribution in [3.63, 3.8) is 0 Å². The minimum Gasteiger partial charge on any atom is -0.370 e. The molecule has 3 N–H and O–H groups in total. The second-order valence-corrected chi connectivity index (χ2v) is 8.59. The lowest BCUT2D eigenvalue weighted by molar-refractivity contribution is -0.155. The number of carbonyl (C=O) groups excluding carboxylic acids is 1. The van der Waals surface area contributed by atoms with Crippen LogP contribution in [0.25, 0.3) is 10.9 Å². The van der Waals surface area contributed by atoms with Gasteiger partial charge in [-0.3, -0.25) is 4.79 Å². The van der Waals surface area contributed by atoms with Gasteiger partial charge in [-0.15, -0.1) is 0 Å². The number of unbranched alkanes of at least 4 members (excludes halogenated alkanes) is 1. The van der Waals surface area contributed by atoms with E-state index in [1.165, 1.54) is 4.90 Å². The predicted octanol–water partition coefficient (Wildman–Crippen LogP) is 5.19. The number of fused-ring (bicyclic) bond motifs is 3. The van der Waals surface area contributed by atoms with Crippen molar-refractivity contribution in [2.24, 2.45) is 5.73 Å². The van der Waals surface area contributed by atoms with Gasteiger partial charge in [0.25, 0.3) is 0 Å². The summed E-state index contributed by atoms with van der Waals surface area (Å²) in [5.74, 6) is -5.07. The zero-order valence-corrected chi connectivity index (χ0v) is 18.7. The number of H-pyrrole nitrogens is 1. The lowest BCUT2D eigenvalue weighted by Crippen LogP contribution is -2.38. The maximum absolute atomic E-state index is 13.3. The van der Waals surface area contributed by atoms with E-state index in [1.54, 1.807) is 18.2 Å². The molecule has 0 saturated carbocycles. The van der Waals surface area contributed by atoms with Crippen LogP contribution in [0.3, 0.4) is 0 Å². The molecule has 1 aliphatic heterocycles. The molecular formula is C21H19ClF6N6O. The maximum atomic E-state index is 13.3. The molecule has 4 rings (SSSR count). The number of primary amides is 1. The van der Waals surface area contributed by atoms with Crippen molar-refractivity contribution in [3.8, 4) is 0 Å². The number of rotatable bonds is 6. The molecular weight excluding hydrogens is 502 g/mol. The van der Waals surface area contributed by atoms with Crippen LogP contribution in [0.2, 0.25) is 5.02 Å². The molecule has 3 heterocycles. The summed E-state index contributed by atoms with van der Waals surface area (Å²) < 4.78 is 80.0. The average Bonchev–Trinajstić information content (AvgIpc) is 3.13. The highest BCUT2D eigenvalue weighted by molar-refractivity contribution is 6.31. The molecule has 14 heteroatoms. The summed E-state index contributed by atoms with van der Waals surface area (Å²) in [7, 11) is 0. The summed E-state index contributed by atoms with van der Waals surface area (Å²) in [6.45, 7) is 0.0611. The van der Waals surface area contributed by atoms with Gasteiger partial charge in [-0.25, -0.2) is 4.98 Å². The van der Waals surface area contributed by atoms with E-state index >= 15 is 0 Å². The van der Waals surface area contributed by atoms with Crippen LogP contribution in [0.15, 0.2) is 18.2 Å². The van der Waals surface area contributed by atoms with Crippen molar-refractivity contribution >= 4 is 34.4 Å². The molecule has 0 unspecified atom stereocenters. The topological polar surface area (TPSA) is 101 Å². The Morgan fingerprint density at radius 1 is 1.09 bits per heavy atom. The van der Waals surface area contributed by atoms with Crippen molar-refractivity contribution in [3.05, 3.63) is 46.1 Å². The van der Waals surface area contributed by atoms with Gasteiger partial charge in [0.2, 0.25) is 23.5 Å². The molecule has 1 aromatic carbocycles. The number of nitrogens with two attached hydrogens (primary N) is 1. The van der Waals surface area contributed by atoms with Gasteiger partial charge in [0.05, 0.1) is 6.04 Å². The number of hydrogen-bond donors (Lipinski definition) is 2. The first-order chi connectivity index (χ1) is 16.3. The van der Waals surface area contributed by atoms with Crippen LogP contribution < -0.4 is 10.6 Å². The molecule has 0 saturated heterocycles. The Balaban J connectivity index is 1.80. The molecule has 2 aromatic heterocycles. The number of benzene rings is 1. The van der Waals surface area contributed by atoms with Crippen molar-refractivity contribution in [1.29, 1.82) is 0 Å². The summed E-state index contributed by atoms with van der Waals surface area (Å²) in [6, 6.07) is 4.49. The number of aromatic amines is 1. The van der Waals surface area contributed by atoms with Crippen LogP contribution in [0.1, 0.15) is 54.6 Å². The molecule has 1 aliphatic rings. The van der Waals surface area contributed by atoms with Crippen molar-refractivity contribution in [1.82, 2.24) is 19.9 Å². The molecule has 188 valence electrons. The molecule has 1 atom stereocenters. The fraction of sp³-hybridized carbons (Fsp3) is 0.429. The third-order valence-electron chi connectivity index (χ3n) is 5.75. The Hall–Kier alpha value is -3.09. The van der Waals surface area contributed by atoms with Gasteiger partial charge in [0.15, 0.2) is 0 Å². The van der Waals surface area contributed by atoms with Crippen LogP contribution in [0, 0.1) is 0 Å². The Morgan fingerprint density at radius 2 is 1.74 bits per heavy atom. The first kappa shape index (κ1) is 25.0. The molecule has 0 aliphatic carbocycles. The quantitative estimate of drug-likeness (QED) is 0.344. The molecule has 0 radical (unpaired) electrons. The fourth-order valence-electron chi connectivity index (χ4n) is 4.26. The zero-order chi connectivity index (χ0) is 25.5. The van der Waals surface area contributed by atoms with Crippen LogP contribution in [-0.2, 0) is 23.6 Å². The minimum absolute atomic E-state index is 0.0611. The summed E-state index contributed by atoms with van der Waals surface area (Å²) in [6.07, 6.45) is -8.86. The number of alkyl halides is 6.